The zero-order valence-corrected chi connectivity index (χ0v) is 16.6. The molecule has 0 heterocycles. The van der Waals surface area contributed by atoms with E-state index in [4.69, 9.17) is 4.84 Å². The van der Waals surface area contributed by atoms with Gasteiger partial charge < -0.3 is 0 Å². The average molecular weight is 393 g/mol. The van der Waals surface area contributed by atoms with Gasteiger partial charge >= 0.3 is 0 Å². The second-order valence-electron chi connectivity index (χ2n) is 7.00. The first-order valence-electron chi connectivity index (χ1n) is 9.93. The average Bonchev–Trinajstić information content (AvgIpc) is 2.82. The van der Waals surface area contributed by atoms with Gasteiger partial charge in [-0.2, -0.15) is 0 Å². The van der Waals surface area contributed by atoms with Gasteiger partial charge in [0, 0.05) is 5.56 Å². The first-order chi connectivity index (χ1) is 14.8. The summed E-state index contributed by atoms with van der Waals surface area (Å²) in [7, 11) is 0. The Balaban J connectivity index is 1.74. The van der Waals surface area contributed by atoms with Gasteiger partial charge in [0.15, 0.2) is 0 Å². The molecule has 4 aromatic rings. The molecule has 0 radical (unpaired) electrons. The van der Waals surface area contributed by atoms with Crippen LogP contribution in [0.2, 0.25) is 0 Å². The van der Waals surface area contributed by atoms with Crippen molar-refractivity contribution in [3.63, 3.8) is 0 Å². The molecule has 0 saturated heterocycles. The van der Waals surface area contributed by atoms with Crippen molar-refractivity contribution in [2.75, 3.05) is 0 Å². The normalized spacial score (nSPS) is 11.7. The molecule has 0 N–H and O–H groups in total. The molecule has 4 aromatic carbocycles. The van der Waals surface area contributed by atoms with Crippen LogP contribution in [0.1, 0.15) is 27.5 Å². The third-order valence-corrected chi connectivity index (χ3v) is 5.05. The predicted molar refractivity (Wildman–Crippen MR) is 121 cm³/mol. The van der Waals surface area contributed by atoms with E-state index in [1.54, 1.807) is 18.2 Å². The van der Waals surface area contributed by atoms with E-state index in [2.05, 4.69) is 24.8 Å². The number of benzene rings is 4. The van der Waals surface area contributed by atoms with Crippen LogP contribution in [0.5, 0.6) is 0 Å². The van der Waals surface area contributed by atoms with Crippen LogP contribution in [0.25, 0.3) is 10.8 Å². The molecule has 0 aliphatic heterocycles. The van der Waals surface area contributed by atoms with Crippen molar-refractivity contribution < 1.29 is 9.63 Å². The first kappa shape index (κ1) is 19.6. The Morgan fingerprint density at radius 2 is 1.47 bits per heavy atom. The predicted octanol–water partition coefficient (Wildman–Crippen LogP) is 6.34. The maximum absolute atomic E-state index is 13.4. The number of rotatable bonds is 7. The quantitative estimate of drug-likeness (QED) is 0.271. The number of amides is 1. The van der Waals surface area contributed by atoms with E-state index in [1.807, 2.05) is 72.8 Å². The van der Waals surface area contributed by atoms with Crippen molar-refractivity contribution in [1.82, 2.24) is 5.06 Å². The largest absolute Gasteiger partial charge is 0.278 e. The molecule has 30 heavy (non-hydrogen) atoms. The standard InChI is InChI=1S/C27H23NO2/c1-2-26(25-19-11-17-22-14-9-10-18-24(22)25)28(27(29)23-15-7-4-8-16-23)30-20-21-12-5-3-6-13-21/h2-19,26H,1,20H2/t26-/m1/s1. The topological polar surface area (TPSA) is 29.5 Å². The van der Waals surface area contributed by atoms with Gasteiger partial charge in [0.2, 0.25) is 0 Å². The Morgan fingerprint density at radius 1 is 0.833 bits per heavy atom. The van der Waals surface area contributed by atoms with Gasteiger partial charge in [-0.1, -0.05) is 97.1 Å². The Labute approximate surface area is 176 Å². The van der Waals surface area contributed by atoms with Crippen LogP contribution in [0, 0.1) is 0 Å². The Hall–Kier alpha value is -3.69. The van der Waals surface area contributed by atoms with E-state index >= 15 is 0 Å². The van der Waals surface area contributed by atoms with E-state index in [9.17, 15) is 4.79 Å². The zero-order chi connectivity index (χ0) is 20.8. The number of hydrogen-bond donors (Lipinski definition) is 0. The molecular formula is C27H23NO2. The summed E-state index contributed by atoms with van der Waals surface area (Å²) in [6.07, 6.45) is 1.76. The number of carbonyl (C=O) groups is 1. The second-order valence-corrected chi connectivity index (χ2v) is 7.00. The smallest absolute Gasteiger partial charge is 0.267 e. The number of fused-ring (bicyclic) bond motifs is 1. The summed E-state index contributed by atoms with van der Waals surface area (Å²) in [4.78, 5) is 19.5. The fourth-order valence-corrected chi connectivity index (χ4v) is 3.55. The van der Waals surface area contributed by atoms with Gasteiger partial charge in [-0.15, -0.1) is 6.58 Å². The van der Waals surface area contributed by atoms with Gasteiger partial charge in [-0.05, 0) is 34.0 Å². The lowest BCUT2D eigenvalue weighted by atomic mass is 9.98. The summed E-state index contributed by atoms with van der Waals surface area (Å²) >= 11 is 0. The summed E-state index contributed by atoms with van der Waals surface area (Å²) < 4.78 is 0. The SMILES string of the molecule is C=C[C@H](c1cccc2ccccc12)N(OCc1ccccc1)C(=O)c1ccccc1. The van der Waals surface area contributed by atoms with Gasteiger partial charge in [0.1, 0.15) is 12.6 Å². The van der Waals surface area contributed by atoms with Crippen LogP contribution >= 0.6 is 0 Å². The number of nitrogens with zero attached hydrogens (tertiary/aromatic N) is 1. The van der Waals surface area contributed by atoms with Crippen LogP contribution in [-0.2, 0) is 11.4 Å². The molecule has 0 unspecified atom stereocenters. The highest BCUT2D eigenvalue weighted by molar-refractivity contribution is 5.94. The van der Waals surface area contributed by atoms with Crippen molar-refractivity contribution in [2.24, 2.45) is 0 Å². The summed E-state index contributed by atoms with van der Waals surface area (Å²) in [5.74, 6) is -0.204. The minimum atomic E-state index is -0.437. The molecule has 0 saturated carbocycles. The molecule has 0 spiro atoms. The van der Waals surface area contributed by atoms with Crippen LogP contribution in [0.15, 0.2) is 116 Å². The third kappa shape index (κ3) is 4.17. The van der Waals surface area contributed by atoms with Crippen LogP contribution in [-0.4, -0.2) is 11.0 Å². The zero-order valence-electron chi connectivity index (χ0n) is 16.6. The molecule has 148 valence electrons. The fraction of sp³-hybridized carbons (Fsp3) is 0.0741. The lowest BCUT2D eigenvalue weighted by Crippen LogP contribution is -2.34. The van der Waals surface area contributed by atoms with Crippen LogP contribution in [0.4, 0.5) is 0 Å². The summed E-state index contributed by atoms with van der Waals surface area (Å²) in [6, 6.07) is 32.8. The second kappa shape index (κ2) is 9.21. The molecule has 0 fully saturated rings. The highest BCUT2D eigenvalue weighted by Gasteiger charge is 2.26. The van der Waals surface area contributed by atoms with E-state index < -0.39 is 6.04 Å². The van der Waals surface area contributed by atoms with Crippen molar-refractivity contribution >= 4 is 16.7 Å². The molecule has 1 amide bonds. The molecule has 3 nitrogen and oxygen atoms in total. The van der Waals surface area contributed by atoms with E-state index in [-0.39, 0.29) is 12.5 Å². The molecule has 3 heteroatoms. The summed E-state index contributed by atoms with van der Waals surface area (Å²) in [5.41, 5.74) is 2.53. The number of hydrogen-bond acceptors (Lipinski definition) is 2. The van der Waals surface area contributed by atoms with Gasteiger partial charge in [-0.3, -0.25) is 9.63 Å². The molecular weight excluding hydrogens is 370 g/mol. The maximum Gasteiger partial charge on any atom is 0.278 e. The summed E-state index contributed by atoms with van der Waals surface area (Å²) in [6.45, 7) is 4.31. The molecule has 1 atom stereocenters. The van der Waals surface area contributed by atoms with Gasteiger partial charge in [-0.25, -0.2) is 5.06 Å². The lowest BCUT2D eigenvalue weighted by Gasteiger charge is -2.30. The monoisotopic (exact) mass is 393 g/mol. The fourth-order valence-electron chi connectivity index (χ4n) is 3.55. The molecule has 0 aliphatic rings. The minimum absolute atomic E-state index is 0.204. The number of hydroxylamine groups is 2. The van der Waals surface area contributed by atoms with Crippen LogP contribution < -0.4 is 0 Å². The van der Waals surface area contributed by atoms with Crippen molar-refractivity contribution in [1.29, 1.82) is 0 Å². The van der Waals surface area contributed by atoms with Crippen molar-refractivity contribution in [2.45, 2.75) is 12.6 Å². The Bertz CT molecular complexity index is 1130. The first-order valence-corrected chi connectivity index (χ1v) is 9.93. The van der Waals surface area contributed by atoms with Crippen molar-refractivity contribution in [3.05, 3.63) is 132 Å². The third-order valence-electron chi connectivity index (χ3n) is 5.05. The molecule has 4 rings (SSSR count). The van der Waals surface area contributed by atoms with E-state index in [0.717, 1.165) is 21.9 Å². The van der Waals surface area contributed by atoms with E-state index in [1.165, 1.54) is 5.06 Å². The molecule has 0 aliphatic carbocycles. The Morgan fingerprint density at radius 3 is 2.20 bits per heavy atom. The molecule has 0 aromatic heterocycles. The lowest BCUT2D eigenvalue weighted by molar-refractivity contribution is -0.150. The Kier molecular flexibility index (Phi) is 6.02. The maximum atomic E-state index is 13.4. The van der Waals surface area contributed by atoms with Crippen LogP contribution in [0.3, 0.4) is 0 Å². The minimum Gasteiger partial charge on any atom is -0.267 e. The van der Waals surface area contributed by atoms with Gasteiger partial charge in [0.25, 0.3) is 5.91 Å². The molecule has 0 bridgehead atoms. The summed E-state index contributed by atoms with van der Waals surface area (Å²) in [5, 5.41) is 3.62. The van der Waals surface area contributed by atoms with E-state index in [0.29, 0.717) is 5.56 Å². The van der Waals surface area contributed by atoms with Gasteiger partial charge in [0.05, 0.1) is 0 Å². The highest BCUT2D eigenvalue weighted by Crippen LogP contribution is 2.31. The highest BCUT2D eigenvalue weighted by atomic mass is 16.7. The number of carbonyl (C=O) groups excluding carboxylic acids is 1. The van der Waals surface area contributed by atoms with Crippen molar-refractivity contribution in [3.8, 4) is 0 Å².